The Hall–Kier alpha value is -1.90. The van der Waals surface area contributed by atoms with Gasteiger partial charge in [-0.05, 0) is 49.3 Å². The quantitative estimate of drug-likeness (QED) is 0.501. The van der Waals surface area contributed by atoms with E-state index in [0.29, 0.717) is 11.5 Å². The van der Waals surface area contributed by atoms with Crippen molar-refractivity contribution in [2.45, 2.75) is 32.6 Å². The van der Waals surface area contributed by atoms with E-state index in [1.54, 1.807) is 0 Å². The number of nitrogens with one attached hydrogen (secondary N) is 1. The zero-order valence-electron chi connectivity index (χ0n) is 11.3. The SMILES string of the molecule is CCc1ccc(C(=O)N/N=C\[C@@H]2CC=CCC2)cc1. The molecule has 0 saturated carbocycles. The largest absolute Gasteiger partial charge is 0.271 e. The van der Waals surface area contributed by atoms with E-state index < -0.39 is 0 Å². The van der Waals surface area contributed by atoms with Gasteiger partial charge in [0.2, 0.25) is 0 Å². The van der Waals surface area contributed by atoms with Crippen molar-refractivity contribution in [1.82, 2.24) is 5.43 Å². The molecule has 100 valence electrons. The Balaban J connectivity index is 1.86. The number of hydrogen-bond acceptors (Lipinski definition) is 2. The van der Waals surface area contributed by atoms with Crippen LogP contribution in [0.5, 0.6) is 0 Å². The van der Waals surface area contributed by atoms with Crippen LogP contribution in [-0.2, 0) is 6.42 Å². The Bertz CT molecular complexity index is 474. The van der Waals surface area contributed by atoms with Gasteiger partial charge in [0.15, 0.2) is 0 Å². The Morgan fingerprint density at radius 3 is 2.79 bits per heavy atom. The maximum Gasteiger partial charge on any atom is 0.271 e. The van der Waals surface area contributed by atoms with E-state index in [1.165, 1.54) is 5.56 Å². The van der Waals surface area contributed by atoms with Crippen molar-refractivity contribution in [3.63, 3.8) is 0 Å². The molecule has 0 aromatic heterocycles. The van der Waals surface area contributed by atoms with Crippen molar-refractivity contribution in [3.05, 3.63) is 47.5 Å². The molecule has 1 amide bonds. The van der Waals surface area contributed by atoms with Crippen LogP contribution in [0.1, 0.15) is 42.1 Å². The normalized spacial score (nSPS) is 18.7. The van der Waals surface area contributed by atoms with Gasteiger partial charge in [-0.15, -0.1) is 0 Å². The van der Waals surface area contributed by atoms with Gasteiger partial charge in [0, 0.05) is 11.8 Å². The molecule has 1 N–H and O–H groups in total. The molecular weight excluding hydrogens is 236 g/mol. The lowest BCUT2D eigenvalue weighted by molar-refractivity contribution is 0.0955. The minimum atomic E-state index is -0.148. The van der Waals surface area contributed by atoms with Crippen molar-refractivity contribution in [3.8, 4) is 0 Å². The molecule has 0 unspecified atom stereocenters. The number of nitrogens with zero attached hydrogens (tertiary/aromatic N) is 1. The van der Waals surface area contributed by atoms with Crippen LogP contribution in [0.3, 0.4) is 0 Å². The highest BCUT2D eigenvalue weighted by Crippen LogP contribution is 2.15. The Morgan fingerprint density at radius 1 is 1.37 bits per heavy atom. The molecule has 2 rings (SSSR count). The van der Waals surface area contributed by atoms with E-state index in [0.717, 1.165) is 25.7 Å². The molecule has 0 saturated heterocycles. The molecule has 1 aromatic carbocycles. The molecule has 19 heavy (non-hydrogen) atoms. The predicted octanol–water partition coefficient (Wildman–Crippen LogP) is 3.32. The van der Waals surface area contributed by atoms with E-state index in [-0.39, 0.29) is 5.91 Å². The molecule has 0 radical (unpaired) electrons. The molecule has 1 atom stereocenters. The van der Waals surface area contributed by atoms with Gasteiger partial charge in [-0.2, -0.15) is 5.10 Å². The molecule has 1 aromatic rings. The second kappa shape index (κ2) is 6.88. The van der Waals surface area contributed by atoms with Crippen LogP contribution < -0.4 is 5.43 Å². The lowest BCUT2D eigenvalue weighted by atomic mass is 9.96. The van der Waals surface area contributed by atoms with Crippen molar-refractivity contribution < 1.29 is 4.79 Å². The lowest BCUT2D eigenvalue weighted by Crippen LogP contribution is -2.18. The number of carbonyl (C=O) groups is 1. The van der Waals surface area contributed by atoms with Crippen LogP contribution in [0.2, 0.25) is 0 Å². The van der Waals surface area contributed by atoms with Gasteiger partial charge in [0.25, 0.3) is 5.91 Å². The zero-order valence-corrected chi connectivity index (χ0v) is 11.3. The first-order chi connectivity index (χ1) is 9.29. The van der Waals surface area contributed by atoms with E-state index >= 15 is 0 Å². The van der Waals surface area contributed by atoms with Gasteiger partial charge in [0.1, 0.15) is 0 Å². The summed E-state index contributed by atoms with van der Waals surface area (Å²) in [4.78, 5) is 11.8. The predicted molar refractivity (Wildman–Crippen MR) is 78.3 cm³/mol. The van der Waals surface area contributed by atoms with Gasteiger partial charge < -0.3 is 0 Å². The summed E-state index contributed by atoms with van der Waals surface area (Å²) < 4.78 is 0. The summed E-state index contributed by atoms with van der Waals surface area (Å²) in [6.45, 7) is 2.10. The molecule has 0 heterocycles. The topological polar surface area (TPSA) is 41.5 Å². The number of amides is 1. The molecular formula is C16H20N2O. The average Bonchev–Trinajstić information content (AvgIpc) is 2.48. The molecule has 0 spiro atoms. The minimum absolute atomic E-state index is 0.148. The van der Waals surface area contributed by atoms with Crippen LogP contribution in [0.25, 0.3) is 0 Å². The number of carbonyl (C=O) groups excluding carboxylic acids is 1. The summed E-state index contributed by atoms with van der Waals surface area (Å²) >= 11 is 0. The van der Waals surface area contributed by atoms with Gasteiger partial charge in [0.05, 0.1) is 0 Å². The van der Waals surface area contributed by atoms with Crippen molar-refractivity contribution in [1.29, 1.82) is 0 Å². The van der Waals surface area contributed by atoms with Gasteiger partial charge in [-0.3, -0.25) is 4.79 Å². The molecule has 0 bridgehead atoms. The highest BCUT2D eigenvalue weighted by Gasteiger charge is 2.07. The van der Waals surface area contributed by atoms with Gasteiger partial charge in [-0.25, -0.2) is 5.43 Å². The monoisotopic (exact) mass is 256 g/mol. The number of hydrogen-bond donors (Lipinski definition) is 1. The van der Waals surface area contributed by atoms with Crippen molar-refractivity contribution in [2.24, 2.45) is 11.0 Å². The van der Waals surface area contributed by atoms with Gasteiger partial charge in [-0.1, -0.05) is 31.2 Å². The number of rotatable bonds is 4. The molecule has 3 heteroatoms. The fourth-order valence-electron chi connectivity index (χ4n) is 2.11. The summed E-state index contributed by atoms with van der Waals surface area (Å²) in [5.41, 5.74) is 4.47. The van der Waals surface area contributed by atoms with Crippen LogP contribution in [0.4, 0.5) is 0 Å². The molecule has 3 nitrogen and oxygen atoms in total. The van der Waals surface area contributed by atoms with E-state index in [9.17, 15) is 4.79 Å². The Morgan fingerprint density at radius 2 is 2.16 bits per heavy atom. The lowest BCUT2D eigenvalue weighted by Gasteiger charge is -2.11. The third kappa shape index (κ3) is 4.05. The summed E-state index contributed by atoms with van der Waals surface area (Å²) in [5.74, 6) is 0.304. The third-order valence-corrected chi connectivity index (χ3v) is 3.39. The maximum absolute atomic E-state index is 11.8. The number of allylic oxidation sites excluding steroid dienone is 2. The summed E-state index contributed by atoms with van der Waals surface area (Å²) in [6.07, 6.45) is 10.4. The van der Waals surface area contributed by atoms with Crippen LogP contribution in [0, 0.1) is 5.92 Å². The first-order valence-corrected chi connectivity index (χ1v) is 6.87. The number of benzene rings is 1. The van der Waals surface area contributed by atoms with E-state index in [1.807, 2.05) is 30.5 Å². The highest BCUT2D eigenvalue weighted by molar-refractivity contribution is 5.94. The number of aryl methyl sites for hydroxylation is 1. The first kappa shape index (κ1) is 13.5. The van der Waals surface area contributed by atoms with Crippen LogP contribution >= 0.6 is 0 Å². The summed E-state index contributed by atoms with van der Waals surface area (Å²) in [7, 11) is 0. The summed E-state index contributed by atoms with van der Waals surface area (Å²) in [6, 6.07) is 7.63. The third-order valence-electron chi connectivity index (χ3n) is 3.39. The zero-order chi connectivity index (χ0) is 13.5. The van der Waals surface area contributed by atoms with Crippen LogP contribution in [-0.4, -0.2) is 12.1 Å². The van der Waals surface area contributed by atoms with E-state index in [4.69, 9.17) is 0 Å². The Kier molecular flexibility index (Phi) is 4.90. The van der Waals surface area contributed by atoms with E-state index in [2.05, 4.69) is 29.6 Å². The maximum atomic E-state index is 11.8. The smallest absolute Gasteiger partial charge is 0.267 e. The molecule has 0 fully saturated rings. The van der Waals surface area contributed by atoms with Crippen LogP contribution in [0.15, 0.2) is 41.5 Å². The molecule has 1 aliphatic carbocycles. The molecule has 0 aliphatic heterocycles. The van der Waals surface area contributed by atoms with Crippen molar-refractivity contribution in [2.75, 3.05) is 0 Å². The van der Waals surface area contributed by atoms with Gasteiger partial charge >= 0.3 is 0 Å². The fraction of sp³-hybridized carbons (Fsp3) is 0.375. The standard InChI is InChI=1S/C16H20N2O/c1-2-13-8-10-15(11-9-13)16(19)18-17-12-14-6-4-3-5-7-14/h3-4,8-12,14H,2,5-7H2,1H3,(H,18,19)/b17-12-/t14-/m1/s1. The second-order valence-corrected chi connectivity index (χ2v) is 4.81. The summed E-state index contributed by atoms with van der Waals surface area (Å²) in [5, 5.41) is 4.06. The highest BCUT2D eigenvalue weighted by atomic mass is 16.2. The Labute approximate surface area is 114 Å². The minimum Gasteiger partial charge on any atom is -0.267 e. The van der Waals surface area contributed by atoms with Crippen molar-refractivity contribution >= 4 is 12.1 Å². The second-order valence-electron chi connectivity index (χ2n) is 4.81. The fourth-order valence-corrected chi connectivity index (χ4v) is 2.11. The number of hydrazone groups is 1. The average molecular weight is 256 g/mol. The molecule has 1 aliphatic rings. The first-order valence-electron chi connectivity index (χ1n) is 6.87.